The predicted octanol–water partition coefficient (Wildman–Crippen LogP) is 7.24. The van der Waals surface area contributed by atoms with Crippen molar-refractivity contribution in [2.45, 2.75) is 53.5 Å². The zero-order chi connectivity index (χ0) is 20.0. The van der Waals surface area contributed by atoms with Crippen molar-refractivity contribution in [3.8, 4) is 11.3 Å². The lowest BCUT2D eigenvalue weighted by molar-refractivity contribution is 0.302. The molecule has 0 fully saturated rings. The van der Waals surface area contributed by atoms with Gasteiger partial charge in [-0.25, -0.2) is 4.98 Å². The number of imidazole rings is 1. The van der Waals surface area contributed by atoms with Crippen molar-refractivity contribution in [2.24, 2.45) is 5.41 Å². The Morgan fingerprint density at radius 1 is 1.04 bits per heavy atom. The van der Waals surface area contributed by atoms with Crippen LogP contribution in [0.4, 0.5) is 5.82 Å². The van der Waals surface area contributed by atoms with Gasteiger partial charge in [0.15, 0.2) is 0 Å². The smallest absolute Gasteiger partial charge is 0.142 e. The van der Waals surface area contributed by atoms with Crippen molar-refractivity contribution in [1.82, 2.24) is 9.38 Å². The van der Waals surface area contributed by atoms with E-state index in [0.717, 1.165) is 34.7 Å². The number of benzene rings is 1. The molecule has 0 amide bonds. The lowest BCUT2D eigenvalue weighted by atomic mass is 9.82. The molecule has 1 aromatic carbocycles. The molecule has 0 saturated carbocycles. The van der Waals surface area contributed by atoms with Crippen LogP contribution in [0.5, 0.6) is 0 Å². The Kier molecular flexibility index (Phi) is 5.22. The van der Waals surface area contributed by atoms with Gasteiger partial charge in [0, 0.05) is 17.3 Å². The van der Waals surface area contributed by atoms with E-state index in [9.17, 15) is 0 Å². The molecule has 0 aliphatic heterocycles. The highest BCUT2D eigenvalue weighted by molar-refractivity contribution is 6.43. The minimum Gasteiger partial charge on any atom is -0.364 e. The molecule has 0 aliphatic rings. The first kappa shape index (κ1) is 20.0. The maximum atomic E-state index is 6.54. The van der Waals surface area contributed by atoms with Crippen LogP contribution in [-0.4, -0.2) is 14.9 Å². The third kappa shape index (κ3) is 4.25. The van der Waals surface area contributed by atoms with Crippen LogP contribution < -0.4 is 5.32 Å². The molecule has 0 atom stereocenters. The Morgan fingerprint density at radius 2 is 1.74 bits per heavy atom. The van der Waals surface area contributed by atoms with Crippen molar-refractivity contribution in [2.75, 3.05) is 5.32 Å². The largest absolute Gasteiger partial charge is 0.364 e. The van der Waals surface area contributed by atoms with Gasteiger partial charge in [-0.3, -0.25) is 4.40 Å². The Balaban J connectivity index is 2.21. The number of nitrogens with one attached hydrogen (secondary N) is 1. The summed E-state index contributed by atoms with van der Waals surface area (Å²) >= 11 is 12.8. The standard InChI is InChI=1S/C22H27Cl2N3/c1-14-9-8-12-27-19(14)25-18(15-10-7-11-16(23)17(15)24)20(27)26-22(5,6)13-21(2,3)4/h7-12,26H,13H2,1-6H3. The Hall–Kier alpha value is -1.71. The van der Waals surface area contributed by atoms with Crippen molar-refractivity contribution < 1.29 is 0 Å². The number of hydrogen-bond acceptors (Lipinski definition) is 2. The predicted molar refractivity (Wildman–Crippen MR) is 117 cm³/mol. The van der Waals surface area contributed by atoms with Gasteiger partial charge in [0.1, 0.15) is 17.2 Å². The van der Waals surface area contributed by atoms with Gasteiger partial charge in [0.2, 0.25) is 0 Å². The van der Waals surface area contributed by atoms with Crippen LogP contribution in [0, 0.1) is 12.3 Å². The average Bonchev–Trinajstić information content (AvgIpc) is 2.87. The van der Waals surface area contributed by atoms with Crippen LogP contribution in [0.3, 0.4) is 0 Å². The summed E-state index contributed by atoms with van der Waals surface area (Å²) in [5.41, 5.74) is 3.75. The Labute approximate surface area is 171 Å². The topological polar surface area (TPSA) is 29.3 Å². The third-order valence-electron chi connectivity index (χ3n) is 4.48. The van der Waals surface area contributed by atoms with Crippen molar-refractivity contribution in [1.29, 1.82) is 0 Å². The second kappa shape index (κ2) is 7.03. The van der Waals surface area contributed by atoms with Gasteiger partial charge in [-0.15, -0.1) is 0 Å². The molecule has 0 bridgehead atoms. The highest BCUT2D eigenvalue weighted by atomic mass is 35.5. The van der Waals surface area contributed by atoms with E-state index in [2.05, 4.69) is 57.3 Å². The van der Waals surface area contributed by atoms with E-state index >= 15 is 0 Å². The van der Waals surface area contributed by atoms with E-state index in [0.29, 0.717) is 10.0 Å². The van der Waals surface area contributed by atoms with Crippen LogP contribution in [0.1, 0.15) is 46.6 Å². The number of aromatic nitrogens is 2. The van der Waals surface area contributed by atoms with Gasteiger partial charge < -0.3 is 5.32 Å². The van der Waals surface area contributed by atoms with E-state index in [1.165, 1.54) is 0 Å². The molecule has 144 valence electrons. The minimum absolute atomic E-state index is 0.127. The molecule has 0 radical (unpaired) electrons. The van der Waals surface area contributed by atoms with E-state index < -0.39 is 0 Å². The summed E-state index contributed by atoms with van der Waals surface area (Å²) in [6.45, 7) is 13.3. The van der Waals surface area contributed by atoms with Gasteiger partial charge in [-0.05, 0) is 50.3 Å². The highest BCUT2D eigenvalue weighted by Crippen LogP contribution is 2.39. The second-order valence-electron chi connectivity index (χ2n) is 9.04. The first-order valence-corrected chi connectivity index (χ1v) is 9.94. The summed E-state index contributed by atoms with van der Waals surface area (Å²) in [5.74, 6) is 0.937. The monoisotopic (exact) mass is 403 g/mol. The quantitative estimate of drug-likeness (QED) is 0.496. The van der Waals surface area contributed by atoms with Gasteiger partial charge >= 0.3 is 0 Å². The molecule has 3 nitrogen and oxygen atoms in total. The fourth-order valence-electron chi connectivity index (χ4n) is 3.89. The first-order valence-electron chi connectivity index (χ1n) is 9.19. The zero-order valence-corrected chi connectivity index (χ0v) is 18.3. The van der Waals surface area contributed by atoms with Crippen molar-refractivity contribution >= 4 is 34.7 Å². The van der Waals surface area contributed by atoms with Gasteiger partial charge in [0.05, 0.1) is 10.0 Å². The highest BCUT2D eigenvalue weighted by Gasteiger charge is 2.28. The fraction of sp³-hybridized carbons (Fsp3) is 0.409. The van der Waals surface area contributed by atoms with Gasteiger partial charge in [-0.1, -0.05) is 62.2 Å². The maximum Gasteiger partial charge on any atom is 0.142 e. The number of fused-ring (bicyclic) bond motifs is 1. The molecular weight excluding hydrogens is 377 g/mol. The average molecular weight is 404 g/mol. The van der Waals surface area contributed by atoms with E-state index in [4.69, 9.17) is 28.2 Å². The maximum absolute atomic E-state index is 6.54. The normalized spacial score (nSPS) is 12.6. The molecule has 0 spiro atoms. The van der Waals surface area contributed by atoms with Crippen LogP contribution in [-0.2, 0) is 0 Å². The van der Waals surface area contributed by atoms with E-state index in [-0.39, 0.29) is 11.0 Å². The SMILES string of the molecule is Cc1cccn2c(NC(C)(C)CC(C)(C)C)c(-c3cccc(Cl)c3Cl)nc12. The van der Waals surface area contributed by atoms with Crippen molar-refractivity contribution in [3.63, 3.8) is 0 Å². The zero-order valence-electron chi connectivity index (χ0n) is 16.8. The van der Waals surface area contributed by atoms with Gasteiger partial charge in [-0.2, -0.15) is 0 Å². The molecular formula is C22H27Cl2N3. The number of nitrogens with zero attached hydrogens (tertiary/aromatic N) is 2. The molecule has 0 saturated heterocycles. The summed E-state index contributed by atoms with van der Waals surface area (Å²) in [6, 6.07) is 9.77. The van der Waals surface area contributed by atoms with Crippen LogP contribution in [0.2, 0.25) is 10.0 Å². The Bertz CT molecular complexity index is 981. The summed E-state index contributed by atoms with van der Waals surface area (Å²) in [6.07, 6.45) is 3.04. The molecule has 0 aliphatic carbocycles. The Morgan fingerprint density at radius 3 is 2.41 bits per heavy atom. The molecule has 1 N–H and O–H groups in total. The molecule has 2 heterocycles. The lowest BCUT2D eigenvalue weighted by Gasteiger charge is -2.34. The minimum atomic E-state index is -0.127. The fourth-order valence-corrected chi connectivity index (χ4v) is 4.28. The third-order valence-corrected chi connectivity index (χ3v) is 5.30. The molecule has 3 rings (SSSR count). The summed E-state index contributed by atoms with van der Waals surface area (Å²) in [4.78, 5) is 4.92. The number of anilines is 1. The number of pyridine rings is 1. The summed E-state index contributed by atoms with van der Waals surface area (Å²) in [7, 11) is 0. The van der Waals surface area contributed by atoms with Crippen LogP contribution >= 0.6 is 23.2 Å². The number of halogens is 2. The second-order valence-corrected chi connectivity index (χ2v) is 9.83. The molecule has 27 heavy (non-hydrogen) atoms. The molecule has 3 aromatic rings. The van der Waals surface area contributed by atoms with E-state index in [1.54, 1.807) is 6.07 Å². The van der Waals surface area contributed by atoms with Gasteiger partial charge in [0.25, 0.3) is 0 Å². The summed E-state index contributed by atoms with van der Waals surface area (Å²) < 4.78 is 2.10. The van der Waals surface area contributed by atoms with Crippen LogP contribution in [0.15, 0.2) is 36.5 Å². The molecule has 0 unspecified atom stereocenters. The summed E-state index contributed by atoms with van der Waals surface area (Å²) in [5, 5.41) is 4.79. The molecule has 2 aromatic heterocycles. The van der Waals surface area contributed by atoms with E-state index in [1.807, 2.05) is 24.4 Å². The number of rotatable bonds is 4. The number of hydrogen-bond donors (Lipinski definition) is 1. The molecule has 5 heteroatoms. The lowest BCUT2D eigenvalue weighted by Crippen LogP contribution is -2.36. The first-order chi connectivity index (χ1) is 12.5. The number of aryl methyl sites for hydroxylation is 1. The van der Waals surface area contributed by atoms with Crippen LogP contribution in [0.25, 0.3) is 16.9 Å². The van der Waals surface area contributed by atoms with Crippen molar-refractivity contribution in [3.05, 3.63) is 52.1 Å².